The molecule has 0 aliphatic rings. The Balaban J connectivity index is 0. The summed E-state index contributed by atoms with van der Waals surface area (Å²) in [5.41, 5.74) is 0. The second-order valence-electron chi connectivity index (χ2n) is 0. The van der Waals surface area contributed by atoms with Crippen molar-refractivity contribution in [2.24, 2.45) is 0 Å². The molecule has 0 saturated carbocycles. The maximum atomic E-state index is 0. The van der Waals surface area contributed by atoms with Crippen molar-refractivity contribution >= 4 is 104 Å². The molecule has 0 fully saturated rings. The van der Waals surface area contributed by atoms with Crippen LogP contribution in [-0.2, 0) is 19.8 Å². The zero-order valence-corrected chi connectivity index (χ0v) is 10.2. The SMILES string of the molecule is Cl.Cl.Cl.Cl.Cl.Cl.[NaH].[Os]. The van der Waals surface area contributed by atoms with Gasteiger partial charge in [0.2, 0.25) is 0 Å². The Morgan fingerprint density at radius 2 is 0.375 bits per heavy atom. The van der Waals surface area contributed by atoms with Crippen LogP contribution < -0.4 is 0 Å². The van der Waals surface area contributed by atoms with Crippen molar-refractivity contribution in [1.29, 1.82) is 0 Å². The van der Waals surface area contributed by atoms with Gasteiger partial charge in [-0.15, -0.1) is 74.4 Å². The third-order valence-corrected chi connectivity index (χ3v) is 0. The summed E-state index contributed by atoms with van der Waals surface area (Å²) in [4.78, 5) is 0. The predicted octanol–water partition coefficient (Wildman–Crippen LogP) is 1.88. The maximum Gasteiger partial charge on any atom is 0 e. The molecular weight excluding hydrogens is 426 g/mol. The fraction of sp³-hybridized carbons (Fsp3) is 0. The molecule has 0 aromatic rings. The largest absolute Gasteiger partial charge is 0 e. The van der Waals surface area contributed by atoms with Gasteiger partial charge in [-0.3, -0.25) is 0 Å². The Kier molecular flexibility index (Phi) is 1070. The molecule has 0 bridgehead atoms. The third kappa shape index (κ3) is 57.7. The van der Waals surface area contributed by atoms with E-state index in [1.807, 2.05) is 0 Å². The minimum absolute atomic E-state index is 0. The van der Waals surface area contributed by atoms with Gasteiger partial charge in [-0.1, -0.05) is 0 Å². The van der Waals surface area contributed by atoms with E-state index in [0.717, 1.165) is 0 Å². The van der Waals surface area contributed by atoms with Crippen LogP contribution in [-0.4, -0.2) is 29.6 Å². The van der Waals surface area contributed by atoms with E-state index in [1.54, 1.807) is 0 Å². The molecule has 8 heavy (non-hydrogen) atoms. The van der Waals surface area contributed by atoms with Crippen molar-refractivity contribution in [2.75, 3.05) is 0 Å². The van der Waals surface area contributed by atoms with Gasteiger partial charge >= 0.3 is 29.6 Å². The third-order valence-electron chi connectivity index (χ3n) is 0. The van der Waals surface area contributed by atoms with Crippen LogP contribution in [0, 0.1) is 0 Å². The van der Waals surface area contributed by atoms with Crippen molar-refractivity contribution in [3.8, 4) is 0 Å². The van der Waals surface area contributed by atoms with Gasteiger partial charge in [0.25, 0.3) is 0 Å². The van der Waals surface area contributed by atoms with Crippen molar-refractivity contribution < 1.29 is 19.8 Å². The quantitative estimate of drug-likeness (QED) is 0.513. The zero-order chi connectivity index (χ0) is 0. The molecular formula is H7Cl6NaOs. The molecule has 0 atom stereocenters. The summed E-state index contributed by atoms with van der Waals surface area (Å²) < 4.78 is 0. The van der Waals surface area contributed by atoms with Gasteiger partial charge in [-0.25, -0.2) is 0 Å². The van der Waals surface area contributed by atoms with Crippen molar-refractivity contribution in [3.63, 3.8) is 0 Å². The topological polar surface area (TPSA) is 0 Å². The molecule has 0 unspecified atom stereocenters. The first-order chi connectivity index (χ1) is 0. The molecule has 0 saturated heterocycles. The Hall–Kier alpha value is 3.38. The molecule has 0 radical (unpaired) electrons. The number of rotatable bonds is 0. The smallest absolute Gasteiger partial charge is 0 e. The Morgan fingerprint density at radius 3 is 0.375 bits per heavy atom. The van der Waals surface area contributed by atoms with Crippen LogP contribution in [0.3, 0.4) is 0 Å². The number of hydrogen-bond donors (Lipinski definition) is 0. The second-order valence-corrected chi connectivity index (χ2v) is 0. The average molecular weight is 433 g/mol. The van der Waals surface area contributed by atoms with Crippen LogP contribution in [0.5, 0.6) is 0 Å². The van der Waals surface area contributed by atoms with Crippen molar-refractivity contribution in [3.05, 3.63) is 0 Å². The fourth-order valence-electron chi connectivity index (χ4n) is 0. The van der Waals surface area contributed by atoms with E-state index in [-0.39, 0.29) is 124 Å². The second kappa shape index (κ2) is 80.0. The van der Waals surface area contributed by atoms with Crippen LogP contribution >= 0.6 is 74.4 Å². The fourth-order valence-corrected chi connectivity index (χ4v) is 0. The molecule has 0 spiro atoms. The van der Waals surface area contributed by atoms with Gasteiger partial charge in [-0.2, -0.15) is 0 Å². The molecule has 0 rings (SSSR count). The van der Waals surface area contributed by atoms with E-state index in [2.05, 4.69) is 0 Å². The summed E-state index contributed by atoms with van der Waals surface area (Å²) in [6, 6.07) is 0. The van der Waals surface area contributed by atoms with E-state index in [4.69, 9.17) is 0 Å². The van der Waals surface area contributed by atoms with E-state index < -0.39 is 0 Å². The number of halogens is 6. The Labute approximate surface area is 122 Å². The van der Waals surface area contributed by atoms with Gasteiger partial charge in [0.05, 0.1) is 0 Å². The van der Waals surface area contributed by atoms with Crippen LogP contribution in [0.2, 0.25) is 0 Å². The van der Waals surface area contributed by atoms with Crippen LogP contribution in [0.15, 0.2) is 0 Å². The van der Waals surface area contributed by atoms with Crippen molar-refractivity contribution in [1.82, 2.24) is 0 Å². The monoisotopic (exact) mass is 432 g/mol. The molecule has 58 valence electrons. The van der Waals surface area contributed by atoms with Crippen LogP contribution in [0.1, 0.15) is 0 Å². The number of hydrogen-bond acceptors (Lipinski definition) is 0. The molecule has 0 aromatic heterocycles. The zero-order valence-electron chi connectivity index (χ0n) is 2.80. The van der Waals surface area contributed by atoms with Gasteiger partial charge in [0, 0.05) is 19.8 Å². The summed E-state index contributed by atoms with van der Waals surface area (Å²) in [6.07, 6.45) is 0. The molecule has 8 heteroatoms. The van der Waals surface area contributed by atoms with Gasteiger partial charge in [0.15, 0.2) is 0 Å². The summed E-state index contributed by atoms with van der Waals surface area (Å²) >= 11 is 0. The molecule has 0 N–H and O–H groups in total. The Morgan fingerprint density at radius 1 is 0.375 bits per heavy atom. The summed E-state index contributed by atoms with van der Waals surface area (Å²) in [7, 11) is 0. The normalized spacial score (nSPS) is 0. The molecule has 0 aliphatic heterocycles. The molecule has 0 amide bonds. The summed E-state index contributed by atoms with van der Waals surface area (Å²) in [6.45, 7) is 0. The summed E-state index contributed by atoms with van der Waals surface area (Å²) in [5, 5.41) is 0. The first-order valence-corrected chi connectivity index (χ1v) is 0. The van der Waals surface area contributed by atoms with Crippen LogP contribution in [0.25, 0.3) is 0 Å². The minimum atomic E-state index is 0. The molecule has 0 heterocycles. The first kappa shape index (κ1) is 107. The Bertz CT molecular complexity index is 8.49. The maximum absolute atomic E-state index is 0. The summed E-state index contributed by atoms with van der Waals surface area (Å²) in [5.74, 6) is 0. The van der Waals surface area contributed by atoms with E-state index in [1.165, 1.54) is 0 Å². The molecule has 0 aromatic carbocycles. The van der Waals surface area contributed by atoms with Crippen LogP contribution in [0.4, 0.5) is 0 Å². The average Bonchev–Trinajstić information content (AvgIpc) is 0. The van der Waals surface area contributed by atoms with Crippen molar-refractivity contribution in [2.45, 2.75) is 0 Å². The molecule has 0 aliphatic carbocycles. The van der Waals surface area contributed by atoms with Gasteiger partial charge in [0.1, 0.15) is 0 Å². The first-order valence-electron chi connectivity index (χ1n) is 0. The van der Waals surface area contributed by atoms with E-state index >= 15 is 0 Å². The minimum Gasteiger partial charge on any atom is 0 e. The van der Waals surface area contributed by atoms with E-state index in [9.17, 15) is 0 Å². The van der Waals surface area contributed by atoms with Gasteiger partial charge < -0.3 is 0 Å². The van der Waals surface area contributed by atoms with E-state index in [0.29, 0.717) is 0 Å². The standard InChI is InChI=1S/6ClH.Na.Os.H/h6*1H;;;. The molecule has 0 nitrogen and oxygen atoms in total. The van der Waals surface area contributed by atoms with Gasteiger partial charge in [-0.05, 0) is 0 Å². The predicted molar refractivity (Wildman–Crippen MR) is 50.6 cm³/mol.